The van der Waals surface area contributed by atoms with E-state index in [1.165, 1.54) is 25.7 Å². The molecular weight excluding hydrogens is 316 g/mol. The van der Waals surface area contributed by atoms with Gasteiger partial charge in [0.15, 0.2) is 0 Å². The predicted molar refractivity (Wildman–Crippen MR) is 86.8 cm³/mol. The van der Waals surface area contributed by atoms with Crippen LogP contribution in [0.5, 0.6) is 0 Å². The number of anilines is 1. The molecule has 0 radical (unpaired) electrons. The molecule has 0 atom stereocenters. The zero-order valence-electron chi connectivity index (χ0n) is 12.2. The Bertz CT molecular complexity index is 446. The number of rotatable bonds is 4. The lowest BCUT2D eigenvalue weighted by molar-refractivity contribution is -0.115. The van der Waals surface area contributed by atoms with Crippen LogP contribution in [0.15, 0.2) is 28.7 Å². The zero-order valence-corrected chi connectivity index (χ0v) is 13.8. The summed E-state index contributed by atoms with van der Waals surface area (Å²) in [6.45, 7) is 5.04. The minimum Gasteiger partial charge on any atom is -0.325 e. The molecule has 0 bridgehead atoms. The van der Waals surface area contributed by atoms with Crippen molar-refractivity contribution in [1.29, 1.82) is 0 Å². The molecule has 110 valence electrons. The van der Waals surface area contributed by atoms with Crippen LogP contribution < -0.4 is 10.6 Å². The quantitative estimate of drug-likeness (QED) is 0.872. The van der Waals surface area contributed by atoms with E-state index < -0.39 is 0 Å². The fraction of sp³-hybridized carbons (Fsp3) is 0.562. The maximum Gasteiger partial charge on any atom is 0.238 e. The molecule has 1 saturated carbocycles. The lowest BCUT2D eigenvalue weighted by atomic mass is 9.75. The second-order valence-electron chi connectivity index (χ2n) is 6.37. The molecule has 2 rings (SSSR count). The molecule has 1 aliphatic carbocycles. The van der Waals surface area contributed by atoms with E-state index in [4.69, 9.17) is 0 Å². The van der Waals surface area contributed by atoms with Crippen LogP contribution in [-0.2, 0) is 4.79 Å². The number of halogens is 1. The molecule has 0 aromatic heterocycles. The highest BCUT2D eigenvalue weighted by Crippen LogP contribution is 2.34. The van der Waals surface area contributed by atoms with Crippen molar-refractivity contribution in [3.63, 3.8) is 0 Å². The zero-order chi connectivity index (χ0) is 14.6. The van der Waals surface area contributed by atoms with Crippen LogP contribution in [0.3, 0.4) is 0 Å². The van der Waals surface area contributed by atoms with Crippen molar-refractivity contribution < 1.29 is 4.79 Å². The van der Waals surface area contributed by atoms with Crippen molar-refractivity contribution in [2.75, 3.05) is 11.9 Å². The summed E-state index contributed by atoms with van der Waals surface area (Å²) in [7, 11) is 0. The molecule has 1 fully saturated rings. The third-order valence-corrected chi connectivity index (χ3v) is 4.55. The molecule has 0 heterocycles. The maximum absolute atomic E-state index is 11.9. The Morgan fingerprint density at radius 3 is 2.45 bits per heavy atom. The van der Waals surface area contributed by atoms with Crippen LogP contribution in [0.4, 0.5) is 5.69 Å². The molecule has 4 heteroatoms. The molecule has 0 spiro atoms. The van der Waals surface area contributed by atoms with Gasteiger partial charge in [0.05, 0.1) is 6.54 Å². The van der Waals surface area contributed by atoms with E-state index in [9.17, 15) is 4.79 Å². The van der Waals surface area contributed by atoms with Crippen LogP contribution >= 0.6 is 15.9 Å². The van der Waals surface area contributed by atoms with Gasteiger partial charge in [0, 0.05) is 16.2 Å². The summed E-state index contributed by atoms with van der Waals surface area (Å²) in [5.74, 6) is 0.0251. The van der Waals surface area contributed by atoms with Gasteiger partial charge in [-0.3, -0.25) is 4.79 Å². The molecule has 0 saturated heterocycles. The van der Waals surface area contributed by atoms with Gasteiger partial charge >= 0.3 is 0 Å². The van der Waals surface area contributed by atoms with Crippen LogP contribution in [0, 0.1) is 5.41 Å². The Morgan fingerprint density at radius 2 is 1.85 bits per heavy atom. The molecule has 1 aromatic rings. The average Bonchev–Trinajstić information content (AvgIpc) is 2.40. The maximum atomic E-state index is 11.9. The monoisotopic (exact) mass is 338 g/mol. The van der Waals surface area contributed by atoms with E-state index in [2.05, 4.69) is 40.4 Å². The van der Waals surface area contributed by atoms with Crippen molar-refractivity contribution in [2.45, 2.75) is 45.6 Å². The van der Waals surface area contributed by atoms with Gasteiger partial charge in [0.25, 0.3) is 0 Å². The Balaban J connectivity index is 1.72. The van der Waals surface area contributed by atoms with Gasteiger partial charge in [-0.05, 0) is 55.4 Å². The van der Waals surface area contributed by atoms with Crippen molar-refractivity contribution in [3.05, 3.63) is 28.7 Å². The highest BCUT2D eigenvalue weighted by molar-refractivity contribution is 9.10. The molecule has 2 N–H and O–H groups in total. The molecule has 20 heavy (non-hydrogen) atoms. The summed E-state index contributed by atoms with van der Waals surface area (Å²) in [6.07, 6.45) is 4.80. The average molecular weight is 339 g/mol. The first-order chi connectivity index (χ1) is 9.44. The normalized spacial score (nSPS) is 18.8. The topological polar surface area (TPSA) is 41.1 Å². The van der Waals surface area contributed by atoms with Crippen LogP contribution in [0.25, 0.3) is 0 Å². The van der Waals surface area contributed by atoms with Gasteiger partial charge in [-0.1, -0.05) is 29.8 Å². The standard InChI is InChI=1S/C16H23BrN2O/c1-16(2)9-7-13(8-10-16)18-11-15(20)19-14-5-3-12(17)4-6-14/h3-6,13,18H,7-11H2,1-2H3,(H,19,20). The smallest absolute Gasteiger partial charge is 0.238 e. The highest BCUT2D eigenvalue weighted by atomic mass is 79.9. The summed E-state index contributed by atoms with van der Waals surface area (Å²) >= 11 is 3.38. The SMILES string of the molecule is CC1(C)CCC(NCC(=O)Nc2ccc(Br)cc2)CC1. The van der Waals surface area contributed by atoms with Crippen molar-refractivity contribution in [3.8, 4) is 0 Å². The van der Waals surface area contributed by atoms with E-state index in [-0.39, 0.29) is 5.91 Å². The molecule has 1 aliphatic rings. The van der Waals surface area contributed by atoms with Crippen LogP contribution in [0.1, 0.15) is 39.5 Å². The summed E-state index contributed by atoms with van der Waals surface area (Å²) in [4.78, 5) is 11.9. The molecular formula is C16H23BrN2O. The number of amides is 1. The summed E-state index contributed by atoms with van der Waals surface area (Å²) in [6, 6.07) is 8.12. The summed E-state index contributed by atoms with van der Waals surface area (Å²) in [5, 5.41) is 6.27. The number of nitrogens with one attached hydrogen (secondary N) is 2. The van der Waals surface area contributed by atoms with E-state index in [0.717, 1.165) is 10.2 Å². The van der Waals surface area contributed by atoms with Crippen molar-refractivity contribution >= 4 is 27.5 Å². The van der Waals surface area contributed by atoms with Crippen LogP contribution in [-0.4, -0.2) is 18.5 Å². The second-order valence-corrected chi connectivity index (χ2v) is 7.29. The first kappa shape index (κ1) is 15.5. The Hall–Kier alpha value is -0.870. The molecule has 0 unspecified atom stereocenters. The lowest BCUT2D eigenvalue weighted by Crippen LogP contribution is -2.39. The number of hydrogen-bond acceptors (Lipinski definition) is 2. The fourth-order valence-corrected chi connectivity index (χ4v) is 2.84. The second kappa shape index (κ2) is 6.72. The van der Waals surface area contributed by atoms with Crippen molar-refractivity contribution in [1.82, 2.24) is 5.32 Å². The van der Waals surface area contributed by atoms with Gasteiger partial charge in [0.2, 0.25) is 5.91 Å². The Kier molecular flexibility index (Phi) is 5.22. The van der Waals surface area contributed by atoms with E-state index >= 15 is 0 Å². The Morgan fingerprint density at radius 1 is 1.25 bits per heavy atom. The number of benzene rings is 1. The fourth-order valence-electron chi connectivity index (χ4n) is 2.58. The molecule has 1 amide bonds. The third kappa shape index (κ3) is 4.91. The van der Waals surface area contributed by atoms with Gasteiger partial charge in [-0.2, -0.15) is 0 Å². The van der Waals surface area contributed by atoms with E-state index in [0.29, 0.717) is 18.0 Å². The first-order valence-electron chi connectivity index (χ1n) is 7.23. The highest BCUT2D eigenvalue weighted by Gasteiger charge is 2.26. The Labute approximate surface area is 129 Å². The van der Waals surface area contributed by atoms with E-state index in [1.54, 1.807) is 0 Å². The van der Waals surface area contributed by atoms with Gasteiger partial charge in [0.1, 0.15) is 0 Å². The molecule has 0 aliphatic heterocycles. The number of carbonyl (C=O) groups is 1. The van der Waals surface area contributed by atoms with Crippen molar-refractivity contribution in [2.24, 2.45) is 5.41 Å². The molecule has 1 aromatic carbocycles. The summed E-state index contributed by atoms with van der Waals surface area (Å²) < 4.78 is 1.01. The van der Waals surface area contributed by atoms with Crippen LogP contribution in [0.2, 0.25) is 0 Å². The van der Waals surface area contributed by atoms with Gasteiger partial charge in [-0.25, -0.2) is 0 Å². The lowest BCUT2D eigenvalue weighted by Gasteiger charge is -2.34. The minimum atomic E-state index is 0.0251. The minimum absolute atomic E-state index is 0.0251. The van der Waals surface area contributed by atoms with Gasteiger partial charge < -0.3 is 10.6 Å². The third-order valence-electron chi connectivity index (χ3n) is 4.02. The van der Waals surface area contributed by atoms with Gasteiger partial charge in [-0.15, -0.1) is 0 Å². The first-order valence-corrected chi connectivity index (χ1v) is 8.03. The van der Waals surface area contributed by atoms with E-state index in [1.807, 2.05) is 24.3 Å². The number of carbonyl (C=O) groups excluding carboxylic acids is 1. The summed E-state index contributed by atoms with van der Waals surface area (Å²) in [5.41, 5.74) is 1.31. The predicted octanol–water partition coefficient (Wildman–Crippen LogP) is 3.95. The number of hydrogen-bond donors (Lipinski definition) is 2. The molecule has 3 nitrogen and oxygen atoms in total. The largest absolute Gasteiger partial charge is 0.325 e.